The van der Waals surface area contributed by atoms with Gasteiger partial charge in [0.25, 0.3) is 0 Å². The number of fused-ring (bicyclic) bond motifs is 7. The van der Waals surface area contributed by atoms with Gasteiger partial charge in [-0.2, -0.15) is 0 Å². The van der Waals surface area contributed by atoms with Crippen molar-refractivity contribution in [1.29, 1.82) is 0 Å². The summed E-state index contributed by atoms with van der Waals surface area (Å²) in [6.45, 7) is 0. The molecule has 0 bridgehead atoms. The van der Waals surface area contributed by atoms with Crippen molar-refractivity contribution in [1.82, 2.24) is 4.98 Å². The normalized spacial score (nSPS) is 14.8. The van der Waals surface area contributed by atoms with Crippen molar-refractivity contribution in [2.45, 2.75) is 5.41 Å². The summed E-state index contributed by atoms with van der Waals surface area (Å²) >= 11 is 0. The minimum atomic E-state index is -0.614. The molecule has 2 aliphatic rings. The number of anilines is 3. The number of nitrogens with zero attached hydrogens (tertiary/aromatic N) is 2. The van der Waals surface area contributed by atoms with Gasteiger partial charge in [-0.15, -0.1) is 0 Å². The van der Waals surface area contributed by atoms with E-state index in [1.807, 2.05) is 42.6 Å². The fourth-order valence-corrected chi connectivity index (χ4v) is 8.85. The van der Waals surface area contributed by atoms with Gasteiger partial charge in [0.1, 0.15) is 5.82 Å². The number of pyridine rings is 1. The Labute approximate surface area is 325 Å². The van der Waals surface area contributed by atoms with Crippen LogP contribution in [-0.2, 0) is 5.41 Å². The molecule has 0 spiro atoms. The fourth-order valence-electron chi connectivity index (χ4n) is 8.85. The third kappa shape index (κ3) is 4.89. The molecule has 1 aromatic heterocycles. The van der Waals surface area contributed by atoms with Gasteiger partial charge in [0.05, 0.1) is 5.41 Å². The summed E-state index contributed by atoms with van der Waals surface area (Å²) in [7, 11) is 0. The Kier molecular flexibility index (Phi) is 7.36. The lowest BCUT2D eigenvalue weighted by Crippen LogP contribution is -2.28. The van der Waals surface area contributed by atoms with Crippen molar-refractivity contribution in [3.63, 3.8) is 0 Å². The number of rotatable bonds is 6. The van der Waals surface area contributed by atoms with E-state index in [-0.39, 0.29) is 0 Å². The first-order valence-corrected chi connectivity index (χ1v) is 18.9. The van der Waals surface area contributed by atoms with Gasteiger partial charge in [0.15, 0.2) is 23.0 Å². The van der Waals surface area contributed by atoms with Crippen LogP contribution in [0.3, 0.4) is 0 Å². The summed E-state index contributed by atoms with van der Waals surface area (Å²) in [5.74, 6) is 3.74. The molecule has 4 heteroatoms. The van der Waals surface area contributed by atoms with Crippen LogP contribution in [0.2, 0.25) is 0 Å². The highest BCUT2D eigenvalue weighted by atomic mass is 16.6. The minimum Gasteiger partial charge on any atom is -0.449 e. The molecule has 56 heavy (non-hydrogen) atoms. The Morgan fingerprint density at radius 2 is 1.07 bits per heavy atom. The van der Waals surface area contributed by atoms with Gasteiger partial charge >= 0.3 is 0 Å². The van der Waals surface area contributed by atoms with Crippen LogP contribution < -0.4 is 14.4 Å². The standard InChI is InChI=1S/C52H34N2O2/c1-2-15-37(16-3-1)52(44-20-7-6-18-43(44)50-45(52)32-33-48-51(50)56-47-22-9-8-21-46(47)55-48)38-26-30-40(31-27-38)54(49-23-10-11-34-53-49)39-28-24-36(25-29-39)42-19-12-14-35-13-4-5-17-41(35)42/h1-34H. The SMILES string of the molecule is c1ccc(C2(c3ccc(N(c4ccc(-c5cccc6ccccc56)cc4)c4ccccn4)cc3)c3ccccc3-c3c2ccc2c3Oc3ccccc3O2)cc1. The van der Waals surface area contributed by atoms with E-state index in [0.29, 0.717) is 11.5 Å². The lowest BCUT2D eigenvalue weighted by Gasteiger charge is -2.34. The summed E-state index contributed by atoms with van der Waals surface area (Å²) in [6.07, 6.45) is 1.85. The number of ether oxygens (including phenoxy) is 2. The summed E-state index contributed by atoms with van der Waals surface area (Å²) < 4.78 is 13.1. The number of para-hydroxylation sites is 2. The van der Waals surface area contributed by atoms with Crippen molar-refractivity contribution in [3.8, 4) is 45.3 Å². The van der Waals surface area contributed by atoms with Gasteiger partial charge in [-0.1, -0.05) is 146 Å². The van der Waals surface area contributed by atoms with Crippen LogP contribution in [0.4, 0.5) is 17.2 Å². The number of benzene rings is 8. The highest BCUT2D eigenvalue weighted by Crippen LogP contribution is 2.62. The molecule has 0 saturated carbocycles. The zero-order valence-corrected chi connectivity index (χ0v) is 30.3. The molecule has 1 atom stereocenters. The number of hydrogen-bond donors (Lipinski definition) is 0. The molecule has 0 saturated heterocycles. The maximum absolute atomic E-state index is 6.71. The van der Waals surface area contributed by atoms with E-state index in [1.165, 1.54) is 33.0 Å². The first kappa shape index (κ1) is 32.0. The monoisotopic (exact) mass is 718 g/mol. The summed E-state index contributed by atoms with van der Waals surface area (Å²) in [6, 6.07) is 70.6. The molecule has 2 heterocycles. The molecular formula is C52H34N2O2. The average molecular weight is 719 g/mol. The molecule has 9 aromatic rings. The van der Waals surface area contributed by atoms with E-state index in [2.05, 4.69) is 169 Å². The number of hydrogen-bond acceptors (Lipinski definition) is 4. The van der Waals surface area contributed by atoms with E-state index in [4.69, 9.17) is 14.5 Å². The fraction of sp³-hybridized carbons (Fsp3) is 0.0192. The molecular weight excluding hydrogens is 685 g/mol. The predicted octanol–water partition coefficient (Wildman–Crippen LogP) is 13.6. The van der Waals surface area contributed by atoms with Crippen molar-refractivity contribution >= 4 is 28.0 Å². The van der Waals surface area contributed by atoms with E-state index < -0.39 is 5.41 Å². The maximum Gasteiger partial charge on any atom is 0.178 e. The molecule has 1 aliphatic heterocycles. The Morgan fingerprint density at radius 3 is 1.88 bits per heavy atom. The first-order valence-electron chi connectivity index (χ1n) is 18.9. The van der Waals surface area contributed by atoms with Crippen LogP contribution in [0.25, 0.3) is 33.0 Å². The average Bonchev–Trinajstić information content (AvgIpc) is 3.58. The zero-order chi connectivity index (χ0) is 37.1. The lowest BCUT2D eigenvalue weighted by atomic mass is 9.67. The maximum atomic E-state index is 6.71. The van der Waals surface area contributed by atoms with Gasteiger partial charge in [0.2, 0.25) is 0 Å². The van der Waals surface area contributed by atoms with Crippen molar-refractivity contribution < 1.29 is 9.47 Å². The van der Waals surface area contributed by atoms with E-state index in [0.717, 1.165) is 50.9 Å². The third-order valence-electron chi connectivity index (χ3n) is 11.3. The molecule has 8 aromatic carbocycles. The molecule has 264 valence electrons. The van der Waals surface area contributed by atoms with Gasteiger partial charge < -0.3 is 9.47 Å². The lowest BCUT2D eigenvalue weighted by molar-refractivity contribution is 0.360. The molecule has 1 unspecified atom stereocenters. The number of aromatic nitrogens is 1. The highest BCUT2D eigenvalue weighted by molar-refractivity contribution is 5.97. The van der Waals surface area contributed by atoms with Gasteiger partial charge in [-0.25, -0.2) is 4.98 Å². The quantitative estimate of drug-likeness (QED) is 0.171. The van der Waals surface area contributed by atoms with Gasteiger partial charge in [0, 0.05) is 23.1 Å². The van der Waals surface area contributed by atoms with Gasteiger partial charge in [-0.3, -0.25) is 4.90 Å². The summed E-state index contributed by atoms with van der Waals surface area (Å²) in [5, 5.41) is 2.47. The van der Waals surface area contributed by atoms with Crippen LogP contribution in [0, 0.1) is 0 Å². The highest BCUT2D eigenvalue weighted by Gasteiger charge is 2.48. The van der Waals surface area contributed by atoms with Crippen LogP contribution in [0.1, 0.15) is 22.3 Å². The molecule has 1 aliphatic carbocycles. The van der Waals surface area contributed by atoms with E-state index >= 15 is 0 Å². The second-order valence-corrected chi connectivity index (χ2v) is 14.3. The molecule has 4 nitrogen and oxygen atoms in total. The van der Waals surface area contributed by atoms with Crippen LogP contribution in [0.5, 0.6) is 23.0 Å². The Balaban J connectivity index is 1.06. The second kappa shape index (κ2) is 12.9. The molecule has 11 rings (SSSR count). The topological polar surface area (TPSA) is 34.6 Å². The Morgan fingerprint density at radius 1 is 0.429 bits per heavy atom. The third-order valence-corrected chi connectivity index (χ3v) is 11.3. The Bertz CT molecular complexity index is 2900. The first-order chi connectivity index (χ1) is 27.8. The largest absolute Gasteiger partial charge is 0.449 e. The summed E-state index contributed by atoms with van der Waals surface area (Å²) in [4.78, 5) is 7.05. The molecule has 0 fully saturated rings. The van der Waals surface area contributed by atoms with Crippen molar-refractivity contribution in [2.24, 2.45) is 0 Å². The zero-order valence-electron chi connectivity index (χ0n) is 30.3. The predicted molar refractivity (Wildman–Crippen MR) is 226 cm³/mol. The molecule has 0 N–H and O–H groups in total. The molecule has 0 radical (unpaired) electrons. The van der Waals surface area contributed by atoms with Crippen LogP contribution in [-0.4, -0.2) is 4.98 Å². The van der Waals surface area contributed by atoms with Crippen molar-refractivity contribution in [3.05, 3.63) is 229 Å². The van der Waals surface area contributed by atoms with Crippen LogP contribution >= 0.6 is 0 Å². The van der Waals surface area contributed by atoms with Gasteiger partial charge in [-0.05, 0) is 104 Å². The van der Waals surface area contributed by atoms with Crippen molar-refractivity contribution in [2.75, 3.05) is 4.90 Å². The smallest absolute Gasteiger partial charge is 0.178 e. The second-order valence-electron chi connectivity index (χ2n) is 14.3. The van der Waals surface area contributed by atoms with Crippen LogP contribution in [0.15, 0.2) is 206 Å². The Hall–Kier alpha value is -7.43. The van der Waals surface area contributed by atoms with E-state index in [1.54, 1.807) is 0 Å². The minimum absolute atomic E-state index is 0.614. The van der Waals surface area contributed by atoms with E-state index in [9.17, 15) is 0 Å². The summed E-state index contributed by atoms with van der Waals surface area (Å²) in [5.41, 5.74) is 10.7. The molecule has 0 amide bonds.